The van der Waals surface area contributed by atoms with Crippen molar-refractivity contribution >= 4 is 16.7 Å². The zero-order chi connectivity index (χ0) is 25.1. The predicted octanol–water partition coefficient (Wildman–Crippen LogP) is 3.87. The van der Waals surface area contributed by atoms with E-state index in [-0.39, 0.29) is 11.5 Å². The van der Waals surface area contributed by atoms with Crippen LogP contribution in [0.15, 0.2) is 59.5 Å². The first-order valence-electron chi connectivity index (χ1n) is 10.6. The quantitative estimate of drug-likeness (QED) is 0.371. The molecule has 0 saturated heterocycles. The number of ether oxygens (including phenoxy) is 5. The molecule has 0 aliphatic rings. The van der Waals surface area contributed by atoms with E-state index >= 15 is 0 Å². The summed E-state index contributed by atoms with van der Waals surface area (Å²) < 4.78 is 28.3. The predicted molar refractivity (Wildman–Crippen MR) is 130 cm³/mol. The molecule has 4 aromatic rings. The Morgan fingerprint density at radius 2 is 1.43 bits per heavy atom. The Kier molecular flexibility index (Phi) is 6.59. The molecular weight excluding hydrogens is 452 g/mol. The summed E-state index contributed by atoms with van der Waals surface area (Å²) in [6, 6.07) is 13.7. The fourth-order valence-corrected chi connectivity index (χ4v) is 4.07. The van der Waals surface area contributed by atoms with Crippen LogP contribution in [0.1, 0.15) is 10.5 Å². The van der Waals surface area contributed by atoms with E-state index in [1.165, 1.54) is 46.3 Å². The molecule has 0 fully saturated rings. The van der Waals surface area contributed by atoms with E-state index in [9.17, 15) is 9.59 Å². The summed E-state index contributed by atoms with van der Waals surface area (Å²) in [5.74, 6) is 0.891. The van der Waals surface area contributed by atoms with Gasteiger partial charge in [0.2, 0.25) is 5.75 Å². The summed E-state index contributed by atoms with van der Waals surface area (Å²) in [5, 5.41) is 0.912. The molecule has 0 atom stereocenters. The minimum atomic E-state index is -0.732. The summed E-state index contributed by atoms with van der Waals surface area (Å²) in [6.07, 6.45) is 1.51. The number of benzene rings is 2. The van der Waals surface area contributed by atoms with Gasteiger partial charge in [0.25, 0.3) is 5.56 Å². The second-order valence-electron chi connectivity index (χ2n) is 7.34. The van der Waals surface area contributed by atoms with Gasteiger partial charge in [-0.05, 0) is 41.3 Å². The lowest BCUT2D eigenvalue weighted by Gasteiger charge is -2.20. The third-order valence-corrected chi connectivity index (χ3v) is 5.61. The molecule has 0 aliphatic carbocycles. The fraction of sp³-hybridized carbons (Fsp3) is 0.192. The maximum atomic E-state index is 13.8. The lowest BCUT2D eigenvalue weighted by Crippen LogP contribution is -2.28. The highest BCUT2D eigenvalue weighted by Crippen LogP contribution is 2.43. The van der Waals surface area contributed by atoms with Gasteiger partial charge in [-0.25, -0.2) is 14.3 Å². The van der Waals surface area contributed by atoms with E-state index in [0.717, 1.165) is 0 Å². The van der Waals surface area contributed by atoms with Gasteiger partial charge in [0.05, 0.1) is 35.5 Å². The highest BCUT2D eigenvalue weighted by Gasteiger charge is 2.28. The van der Waals surface area contributed by atoms with Crippen LogP contribution in [0.4, 0.5) is 0 Å². The van der Waals surface area contributed by atoms with Crippen LogP contribution in [0.2, 0.25) is 0 Å². The first kappa shape index (κ1) is 23.6. The standard InChI is InChI=1S/C26H24N2O7/c1-31-18-11-8-12-27-24(18)28-22(26(30)35-5)21(16-9-6-7-10-17(16)25(28)29)15-13-19(32-2)23(34-4)20(14-15)33-3/h6-14H,1-5H3. The molecule has 180 valence electrons. The normalized spacial score (nSPS) is 10.7. The van der Waals surface area contributed by atoms with Crippen LogP contribution >= 0.6 is 0 Å². The average molecular weight is 476 g/mol. The molecule has 0 unspecified atom stereocenters. The summed E-state index contributed by atoms with van der Waals surface area (Å²) in [7, 11) is 7.22. The molecule has 2 heterocycles. The van der Waals surface area contributed by atoms with Crippen molar-refractivity contribution in [1.29, 1.82) is 0 Å². The number of hydrogen-bond acceptors (Lipinski definition) is 8. The smallest absolute Gasteiger partial charge is 0.355 e. The summed E-state index contributed by atoms with van der Waals surface area (Å²) in [4.78, 5) is 31.4. The lowest BCUT2D eigenvalue weighted by atomic mass is 9.95. The van der Waals surface area contributed by atoms with Crippen LogP contribution in [0.5, 0.6) is 23.0 Å². The van der Waals surface area contributed by atoms with Crippen LogP contribution in [0.25, 0.3) is 27.7 Å². The molecule has 0 radical (unpaired) electrons. The summed E-state index contributed by atoms with van der Waals surface area (Å²) in [6.45, 7) is 0. The van der Waals surface area contributed by atoms with Gasteiger partial charge in [0.15, 0.2) is 23.1 Å². The number of rotatable bonds is 7. The van der Waals surface area contributed by atoms with Crippen molar-refractivity contribution in [2.24, 2.45) is 0 Å². The summed E-state index contributed by atoms with van der Waals surface area (Å²) in [5.41, 5.74) is 0.496. The van der Waals surface area contributed by atoms with Crippen LogP contribution < -0.4 is 24.5 Å². The van der Waals surface area contributed by atoms with Gasteiger partial charge in [0, 0.05) is 17.1 Å². The third-order valence-electron chi connectivity index (χ3n) is 5.61. The van der Waals surface area contributed by atoms with Crippen molar-refractivity contribution in [3.8, 4) is 39.9 Å². The fourth-order valence-electron chi connectivity index (χ4n) is 4.07. The number of pyridine rings is 2. The molecule has 2 aromatic heterocycles. The highest BCUT2D eigenvalue weighted by molar-refractivity contribution is 6.07. The number of carbonyl (C=O) groups is 1. The van der Waals surface area contributed by atoms with E-state index in [1.54, 1.807) is 48.5 Å². The topological polar surface area (TPSA) is 98.1 Å². The van der Waals surface area contributed by atoms with Gasteiger partial charge < -0.3 is 23.7 Å². The van der Waals surface area contributed by atoms with Gasteiger partial charge in [-0.15, -0.1) is 0 Å². The first-order valence-corrected chi connectivity index (χ1v) is 10.6. The number of aromatic nitrogens is 2. The minimum absolute atomic E-state index is 0.0255. The van der Waals surface area contributed by atoms with Crippen LogP contribution in [-0.2, 0) is 4.74 Å². The highest BCUT2D eigenvalue weighted by atomic mass is 16.5. The molecule has 2 aromatic carbocycles. The molecule has 4 rings (SSSR count). The van der Waals surface area contributed by atoms with E-state index < -0.39 is 11.5 Å². The van der Waals surface area contributed by atoms with Gasteiger partial charge in [-0.2, -0.15) is 0 Å². The van der Waals surface area contributed by atoms with Crippen LogP contribution in [0.3, 0.4) is 0 Å². The number of nitrogens with zero attached hydrogens (tertiary/aromatic N) is 2. The Hall–Kier alpha value is -4.53. The zero-order valence-corrected chi connectivity index (χ0v) is 19.9. The van der Waals surface area contributed by atoms with Gasteiger partial charge in [-0.1, -0.05) is 18.2 Å². The maximum absolute atomic E-state index is 13.8. The average Bonchev–Trinajstić information content (AvgIpc) is 2.91. The Bertz CT molecular complexity index is 1450. The van der Waals surface area contributed by atoms with Gasteiger partial charge in [0.1, 0.15) is 5.69 Å². The largest absolute Gasteiger partial charge is 0.493 e. The molecule has 35 heavy (non-hydrogen) atoms. The third kappa shape index (κ3) is 3.90. The van der Waals surface area contributed by atoms with Crippen molar-refractivity contribution in [3.63, 3.8) is 0 Å². The minimum Gasteiger partial charge on any atom is -0.493 e. The molecule has 9 nitrogen and oxygen atoms in total. The van der Waals surface area contributed by atoms with Crippen LogP contribution in [-0.4, -0.2) is 51.1 Å². The SMILES string of the molecule is COC(=O)c1c(-c2cc(OC)c(OC)c(OC)c2)c2ccccc2c(=O)n1-c1ncccc1OC. The molecule has 0 N–H and O–H groups in total. The number of fused-ring (bicyclic) bond motifs is 1. The molecule has 0 aliphatic heterocycles. The van der Waals surface area contributed by atoms with Crippen molar-refractivity contribution in [1.82, 2.24) is 9.55 Å². The number of methoxy groups -OCH3 is 5. The molecule has 0 spiro atoms. The summed E-state index contributed by atoms with van der Waals surface area (Å²) >= 11 is 0. The Balaban J connectivity index is 2.26. The van der Waals surface area contributed by atoms with Gasteiger partial charge >= 0.3 is 5.97 Å². The second kappa shape index (κ2) is 9.76. The van der Waals surface area contributed by atoms with Crippen molar-refractivity contribution in [2.45, 2.75) is 0 Å². The van der Waals surface area contributed by atoms with E-state index in [0.29, 0.717) is 44.9 Å². The van der Waals surface area contributed by atoms with Crippen molar-refractivity contribution < 1.29 is 28.5 Å². The van der Waals surface area contributed by atoms with E-state index in [2.05, 4.69) is 4.98 Å². The second-order valence-corrected chi connectivity index (χ2v) is 7.34. The molecule has 0 bridgehead atoms. The van der Waals surface area contributed by atoms with E-state index in [4.69, 9.17) is 23.7 Å². The number of hydrogen-bond donors (Lipinski definition) is 0. The monoisotopic (exact) mass is 476 g/mol. The van der Waals surface area contributed by atoms with E-state index in [1.807, 2.05) is 0 Å². The Labute approximate surface area is 201 Å². The Morgan fingerprint density at radius 1 is 0.800 bits per heavy atom. The van der Waals surface area contributed by atoms with Gasteiger partial charge in [-0.3, -0.25) is 4.79 Å². The molecule has 9 heteroatoms. The molecule has 0 saturated carbocycles. The number of carbonyl (C=O) groups excluding carboxylic acids is 1. The van der Waals surface area contributed by atoms with Crippen molar-refractivity contribution in [2.75, 3.05) is 35.5 Å². The molecular formula is C26H24N2O7. The first-order chi connectivity index (χ1) is 17.0. The van der Waals surface area contributed by atoms with Crippen LogP contribution in [0, 0.1) is 0 Å². The Morgan fingerprint density at radius 3 is 2.00 bits per heavy atom. The zero-order valence-electron chi connectivity index (χ0n) is 19.9. The number of esters is 1. The van der Waals surface area contributed by atoms with Crippen molar-refractivity contribution in [3.05, 3.63) is 70.8 Å². The lowest BCUT2D eigenvalue weighted by molar-refractivity contribution is 0.0591. The maximum Gasteiger partial charge on any atom is 0.355 e. The molecule has 0 amide bonds.